The molecule has 0 rings (SSSR count). The molecule has 0 amide bonds. The topological polar surface area (TPSA) is 0 Å². The Bertz CT molecular complexity index is 280. The van der Waals surface area contributed by atoms with E-state index in [1.807, 2.05) is 0 Å². The van der Waals surface area contributed by atoms with Crippen LogP contribution in [0.25, 0.3) is 0 Å². The SMILES string of the molecule is CCCCCC(C)(C)C([C](C)C)C(C)(C)CC(C)(C)CC. The van der Waals surface area contributed by atoms with Gasteiger partial charge in [0.25, 0.3) is 0 Å². The fraction of sp³-hybridized carbons (Fsp3) is 0.952. The maximum atomic E-state index is 2.50. The zero-order valence-corrected chi connectivity index (χ0v) is 16.8. The van der Waals surface area contributed by atoms with Crippen LogP contribution < -0.4 is 0 Å². The van der Waals surface area contributed by atoms with Gasteiger partial charge >= 0.3 is 0 Å². The lowest BCUT2D eigenvalue weighted by molar-refractivity contribution is 0.0363. The summed E-state index contributed by atoms with van der Waals surface area (Å²) in [6, 6.07) is 0. The van der Waals surface area contributed by atoms with Gasteiger partial charge in [0.15, 0.2) is 0 Å². The Labute approximate surface area is 136 Å². The molecule has 0 aliphatic carbocycles. The summed E-state index contributed by atoms with van der Waals surface area (Å²) in [5, 5.41) is 0. The summed E-state index contributed by atoms with van der Waals surface area (Å²) in [5.41, 5.74) is 1.21. The number of hydrogen-bond donors (Lipinski definition) is 0. The minimum Gasteiger partial charge on any atom is -0.0654 e. The predicted molar refractivity (Wildman–Crippen MR) is 98.5 cm³/mol. The molecule has 0 aliphatic rings. The van der Waals surface area contributed by atoms with Gasteiger partial charge in [0.2, 0.25) is 0 Å². The van der Waals surface area contributed by atoms with Crippen LogP contribution in [0.15, 0.2) is 0 Å². The van der Waals surface area contributed by atoms with Gasteiger partial charge in [-0.05, 0) is 40.9 Å². The van der Waals surface area contributed by atoms with Crippen LogP contribution in [0.1, 0.15) is 108 Å². The second kappa shape index (κ2) is 8.02. The van der Waals surface area contributed by atoms with Gasteiger partial charge in [0.05, 0.1) is 0 Å². The lowest BCUT2D eigenvalue weighted by Crippen LogP contribution is -2.41. The molecule has 0 aromatic carbocycles. The molecular weight excluding hydrogens is 252 g/mol. The van der Waals surface area contributed by atoms with Crippen molar-refractivity contribution in [3.63, 3.8) is 0 Å². The van der Waals surface area contributed by atoms with E-state index < -0.39 is 0 Å². The van der Waals surface area contributed by atoms with Crippen LogP contribution in [0, 0.1) is 28.1 Å². The summed E-state index contributed by atoms with van der Waals surface area (Å²) in [7, 11) is 0. The van der Waals surface area contributed by atoms with Crippen molar-refractivity contribution in [1.29, 1.82) is 0 Å². The van der Waals surface area contributed by atoms with E-state index in [2.05, 4.69) is 69.2 Å². The average molecular weight is 296 g/mol. The second-order valence-electron chi connectivity index (χ2n) is 9.64. The summed E-state index contributed by atoms with van der Waals surface area (Å²) in [4.78, 5) is 0. The normalized spacial score (nSPS) is 15.6. The zero-order chi connectivity index (χ0) is 16.9. The van der Waals surface area contributed by atoms with E-state index in [4.69, 9.17) is 0 Å². The third-order valence-corrected chi connectivity index (χ3v) is 5.46. The quantitative estimate of drug-likeness (QED) is 0.363. The van der Waals surface area contributed by atoms with E-state index in [1.165, 1.54) is 38.5 Å². The van der Waals surface area contributed by atoms with Crippen LogP contribution in [-0.4, -0.2) is 0 Å². The minimum atomic E-state index is 0.369. The Morgan fingerprint density at radius 2 is 1.33 bits per heavy atom. The first-order valence-corrected chi connectivity index (χ1v) is 9.19. The standard InChI is InChI=1S/C21H43/c1-11-13-14-15-20(7,8)18(17(3)4)21(9,10)16-19(5,6)12-2/h18H,11-16H2,1-10H3. The van der Waals surface area contributed by atoms with Crippen LogP contribution in [0.5, 0.6) is 0 Å². The van der Waals surface area contributed by atoms with Crippen LogP contribution >= 0.6 is 0 Å². The first-order valence-electron chi connectivity index (χ1n) is 9.19. The molecule has 0 N–H and O–H groups in total. The molecule has 21 heavy (non-hydrogen) atoms. The Hall–Kier alpha value is 0. The molecule has 1 atom stereocenters. The highest BCUT2D eigenvalue weighted by Gasteiger charge is 2.44. The minimum absolute atomic E-state index is 0.369. The highest BCUT2D eigenvalue weighted by atomic mass is 14.5. The van der Waals surface area contributed by atoms with Gasteiger partial charge in [0, 0.05) is 0 Å². The highest BCUT2D eigenvalue weighted by molar-refractivity contribution is 5.03. The maximum absolute atomic E-state index is 2.50. The van der Waals surface area contributed by atoms with Gasteiger partial charge < -0.3 is 0 Å². The Balaban J connectivity index is 5.18. The number of rotatable bonds is 10. The molecular formula is C21H43. The summed E-state index contributed by atoms with van der Waals surface area (Å²) < 4.78 is 0. The van der Waals surface area contributed by atoms with Gasteiger partial charge in [-0.25, -0.2) is 0 Å². The Kier molecular flexibility index (Phi) is 8.02. The third kappa shape index (κ3) is 6.74. The van der Waals surface area contributed by atoms with E-state index in [1.54, 1.807) is 5.92 Å². The predicted octanol–water partition coefficient (Wildman–Crippen LogP) is 7.68. The Morgan fingerprint density at radius 3 is 1.71 bits per heavy atom. The molecule has 0 aliphatic heterocycles. The molecule has 0 nitrogen and oxygen atoms in total. The molecule has 0 spiro atoms. The van der Waals surface area contributed by atoms with Crippen LogP contribution in [0.3, 0.4) is 0 Å². The molecule has 0 heterocycles. The lowest BCUT2D eigenvalue weighted by atomic mass is 9.55. The van der Waals surface area contributed by atoms with Crippen molar-refractivity contribution in [3.05, 3.63) is 5.92 Å². The van der Waals surface area contributed by atoms with E-state index in [0.717, 1.165) is 0 Å². The molecule has 0 aromatic rings. The van der Waals surface area contributed by atoms with Gasteiger partial charge in [-0.2, -0.15) is 0 Å². The molecule has 127 valence electrons. The molecule has 1 radical (unpaired) electrons. The third-order valence-electron chi connectivity index (χ3n) is 5.46. The van der Waals surface area contributed by atoms with Gasteiger partial charge in [-0.15, -0.1) is 0 Å². The summed E-state index contributed by atoms with van der Waals surface area (Å²) in [5.74, 6) is 2.32. The summed E-state index contributed by atoms with van der Waals surface area (Å²) in [6.07, 6.45) is 8.00. The molecule has 0 heteroatoms. The maximum Gasteiger partial charge on any atom is -0.0254 e. The van der Waals surface area contributed by atoms with Crippen LogP contribution in [-0.2, 0) is 0 Å². The highest BCUT2D eigenvalue weighted by Crippen LogP contribution is 2.53. The zero-order valence-electron chi connectivity index (χ0n) is 16.8. The molecule has 1 unspecified atom stereocenters. The molecule has 0 saturated heterocycles. The average Bonchev–Trinajstić information content (AvgIpc) is 2.25. The van der Waals surface area contributed by atoms with Crippen LogP contribution in [0.2, 0.25) is 0 Å². The molecule has 0 aromatic heterocycles. The van der Waals surface area contributed by atoms with Crippen molar-refractivity contribution < 1.29 is 0 Å². The lowest BCUT2D eigenvalue weighted by Gasteiger charge is -2.50. The summed E-state index contributed by atoms with van der Waals surface area (Å²) >= 11 is 0. The second-order valence-corrected chi connectivity index (χ2v) is 9.64. The fourth-order valence-corrected chi connectivity index (χ4v) is 5.06. The van der Waals surface area contributed by atoms with Crippen molar-refractivity contribution in [1.82, 2.24) is 0 Å². The van der Waals surface area contributed by atoms with Gasteiger partial charge in [-0.3, -0.25) is 0 Å². The number of hydrogen-bond acceptors (Lipinski definition) is 0. The van der Waals surface area contributed by atoms with Crippen LogP contribution in [0.4, 0.5) is 0 Å². The molecule has 0 fully saturated rings. The van der Waals surface area contributed by atoms with Crippen molar-refractivity contribution >= 4 is 0 Å². The first kappa shape index (κ1) is 21.0. The smallest absolute Gasteiger partial charge is 0.0254 e. The number of unbranched alkanes of at least 4 members (excludes halogenated alkanes) is 2. The van der Waals surface area contributed by atoms with Gasteiger partial charge in [-0.1, -0.05) is 94.9 Å². The van der Waals surface area contributed by atoms with Gasteiger partial charge in [0.1, 0.15) is 0 Å². The van der Waals surface area contributed by atoms with E-state index in [0.29, 0.717) is 22.2 Å². The van der Waals surface area contributed by atoms with Crippen molar-refractivity contribution in [3.8, 4) is 0 Å². The van der Waals surface area contributed by atoms with E-state index >= 15 is 0 Å². The van der Waals surface area contributed by atoms with Crippen molar-refractivity contribution in [2.75, 3.05) is 0 Å². The Morgan fingerprint density at radius 1 is 0.810 bits per heavy atom. The van der Waals surface area contributed by atoms with Crippen molar-refractivity contribution in [2.24, 2.45) is 22.2 Å². The van der Waals surface area contributed by atoms with E-state index in [9.17, 15) is 0 Å². The first-order chi connectivity index (χ1) is 9.39. The van der Waals surface area contributed by atoms with E-state index in [-0.39, 0.29) is 0 Å². The molecule has 0 bridgehead atoms. The largest absolute Gasteiger partial charge is 0.0654 e. The molecule has 0 saturated carbocycles. The fourth-order valence-electron chi connectivity index (χ4n) is 5.06. The van der Waals surface area contributed by atoms with Crippen molar-refractivity contribution in [2.45, 2.75) is 108 Å². The summed E-state index contributed by atoms with van der Waals surface area (Å²) in [6.45, 7) is 24.2. The monoisotopic (exact) mass is 295 g/mol.